The Morgan fingerprint density at radius 1 is 1.11 bits per heavy atom. The Morgan fingerprint density at radius 2 is 1.78 bits per heavy atom. The Bertz CT molecular complexity index is 602. The first-order chi connectivity index (χ1) is 8.59. The smallest absolute Gasteiger partial charge is 0.394 e. The fourth-order valence-corrected chi connectivity index (χ4v) is 1.96. The lowest BCUT2D eigenvalue weighted by Gasteiger charge is -2.15. The summed E-state index contributed by atoms with van der Waals surface area (Å²) < 4.78 is 0. The van der Waals surface area contributed by atoms with E-state index in [-0.39, 0.29) is 6.04 Å². The number of hydrogen-bond donors (Lipinski definition) is 2. The van der Waals surface area contributed by atoms with Crippen LogP contribution in [0.3, 0.4) is 0 Å². The zero-order chi connectivity index (χ0) is 13.1. The Balaban J connectivity index is 2.36. The molecule has 0 heterocycles. The largest absolute Gasteiger partial charge is 0.474 e. The van der Waals surface area contributed by atoms with Crippen molar-refractivity contribution < 1.29 is 14.7 Å². The molecule has 0 saturated carbocycles. The molecule has 2 aromatic rings. The maximum absolute atomic E-state index is 11.2. The number of hydrogen-bond acceptors (Lipinski definition) is 2. The van der Waals surface area contributed by atoms with Gasteiger partial charge in [-0.2, -0.15) is 0 Å². The first-order valence-electron chi connectivity index (χ1n) is 5.61. The van der Waals surface area contributed by atoms with Gasteiger partial charge in [-0.05, 0) is 23.3 Å². The van der Waals surface area contributed by atoms with Gasteiger partial charge in [-0.15, -0.1) is 0 Å². The van der Waals surface area contributed by atoms with E-state index in [1.54, 1.807) is 6.92 Å². The highest BCUT2D eigenvalue weighted by molar-refractivity contribution is 6.31. The number of benzene rings is 2. The summed E-state index contributed by atoms with van der Waals surface area (Å²) in [4.78, 5) is 21.7. The van der Waals surface area contributed by atoms with Crippen molar-refractivity contribution in [2.75, 3.05) is 0 Å². The summed E-state index contributed by atoms with van der Waals surface area (Å²) in [5.74, 6) is -2.46. The van der Waals surface area contributed by atoms with E-state index in [0.717, 1.165) is 16.3 Å². The lowest BCUT2D eigenvalue weighted by molar-refractivity contribution is -0.150. The Morgan fingerprint density at radius 3 is 2.50 bits per heavy atom. The van der Waals surface area contributed by atoms with Crippen LogP contribution < -0.4 is 5.32 Å². The van der Waals surface area contributed by atoms with Crippen LogP contribution >= 0.6 is 0 Å². The van der Waals surface area contributed by atoms with Gasteiger partial charge in [0.15, 0.2) is 0 Å². The fourth-order valence-electron chi connectivity index (χ4n) is 1.96. The van der Waals surface area contributed by atoms with Crippen LogP contribution in [0, 0.1) is 0 Å². The monoisotopic (exact) mass is 243 g/mol. The highest BCUT2D eigenvalue weighted by Crippen LogP contribution is 2.23. The minimum Gasteiger partial charge on any atom is -0.474 e. The van der Waals surface area contributed by atoms with E-state index >= 15 is 0 Å². The second-order valence-electron chi connectivity index (χ2n) is 4.07. The van der Waals surface area contributed by atoms with Gasteiger partial charge in [-0.1, -0.05) is 42.5 Å². The van der Waals surface area contributed by atoms with E-state index < -0.39 is 11.9 Å². The summed E-state index contributed by atoms with van der Waals surface area (Å²) in [6.07, 6.45) is 0. The van der Waals surface area contributed by atoms with Gasteiger partial charge in [0, 0.05) is 0 Å². The minimum atomic E-state index is -1.47. The Kier molecular flexibility index (Phi) is 3.28. The van der Waals surface area contributed by atoms with Crippen LogP contribution in [-0.2, 0) is 9.59 Å². The molecule has 2 N–H and O–H groups in total. The molecule has 0 aliphatic heterocycles. The number of carbonyl (C=O) groups excluding carboxylic acids is 1. The van der Waals surface area contributed by atoms with Crippen LogP contribution in [0.5, 0.6) is 0 Å². The number of carbonyl (C=O) groups is 2. The molecule has 1 unspecified atom stereocenters. The van der Waals surface area contributed by atoms with E-state index in [2.05, 4.69) is 5.32 Å². The van der Waals surface area contributed by atoms with Crippen molar-refractivity contribution in [3.8, 4) is 0 Å². The molecule has 4 heteroatoms. The van der Waals surface area contributed by atoms with Crippen LogP contribution in [-0.4, -0.2) is 17.0 Å². The first-order valence-corrected chi connectivity index (χ1v) is 5.61. The third-order valence-electron chi connectivity index (χ3n) is 2.83. The molecular weight excluding hydrogens is 230 g/mol. The summed E-state index contributed by atoms with van der Waals surface area (Å²) >= 11 is 0. The third kappa shape index (κ3) is 2.32. The molecule has 0 spiro atoms. The normalized spacial score (nSPS) is 12.1. The lowest BCUT2D eigenvalue weighted by atomic mass is 10.00. The average Bonchev–Trinajstić information content (AvgIpc) is 2.37. The van der Waals surface area contributed by atoms with Crippen LogP contribution in [0.4, 0.5) is 0 Å². The van der Waals surface area contributed by atoms with E-state index in [4.69, 9.17) is 5.11 Å². The fraction of sp³-hybridized carbons (Fsp3) is 0.143. The molecule has 0 aliphatic rings. The van der Waals surface area contributed by atoms with Crippen molar-refractivity contribution in [3.63, 3.8) is 0 Å². The molecule has 2 rings (SSSR count). The molecule has 2 aromatic carbocycles. The Hall–Kier alpha value is -2.36. The molecule has 92 valence electrons. The van der Waals surface area contributed by atoms with E-state index in [1.807, 2.05) is 42.5 Å². The van der Waals surface area contributed by atoms with E-state index in [0.29, 0.717) is 0 Å². The second-order valence-corrected chi connectivity index (χ2v) is 4.07. The van der Waals surface area contributed by atoms with Gasteiger partial charge < -0.3 is 10.4 Å². The van der Waals surface area contributed by atoms with Gasteiger partial charge >= 0.3 is 11.9 Å². The van der Waals surface area contributed by atoms with Crippen molar-refractivity contribution in [3.05, 3.63) is 48.0 Å². The summed E-state index contributed by atoms with van der Waals surface area (Å²) in [5.41, 5.74) is 0.905. The number of nitrogens with one attached hydrogen (secondary N) is 1. The number of fused-ring (bicyclic) bond motifs is 1. The summed E-state index contributed by atoms with van der Waals surface area (Å²) in [7, 11) is 0. The molecule has 4 nitrogen and oxygen atoms in total. The van der Waals surface area contributed by atoms with Crippen LogP contribution in [0.25, 0.3) is 10.8 Å². The molecule has 1 amide bonds. The molecule has 0 aromatic heterocycles. The predicted octanol–water partition coefficient (Wildman–Crippen LogP) is 2.10. The van der Waals surface area contributed by atoms with Gasteiger partial charge in [0.25, 0.3) is 0 Å². The minimum absolute atomic E-state index is 0.348. The zero-order valence-corrected chi connectivity index (χ0v) is 9.88. The predicted molar refractivity (Wildman–Crippen MR) is 68.1 cm³/mol. The standard InChI is InChI=1S/C14H13NO3/c1-9(15-13(16)14(17)18)11-8-4-6-10-5-2-3-7-12(10)11/h2-9H,1H3,(H,15,16)(H,17,18). The van der Waals surface area contributed by atoms with Gasteiger partial charge in [0.05, 0.1) is 6.04 Å². The van der Waals surface area contributed by atoms with Crippen LogP contribution in [0.15, 0.2) is 42.5 Å². The van der Waals surface area contributed by atoms with Gasteiger partial charge in [0.2, 0.25) is 0 Å². The third-order valence-corrected chi connectivity index (χ3v) is 2.83. The summed E-state index contributed by atoms with van der Waals surface area (Å²) in [5, 5.41) is 13.1. The van der Waals surface area contributed by atoms with Crippen LogP contribution in [0.2, 0.25) is 0 Å². The number of carboxylic acids is 1. The zero-order valence-electron chi connectivity index (χ0n) is 9.88. The molecule has 0 fully saturated rings. The molecule has 0 saturated heterocycles. The number of amides is 1. The van der Waals surface area contributed by atoms with E-state index in [9.17, 15) is 9.59 Å². The average molecular weight is 243 g/mol. The van der Waals surface area contributed by atoms with Gasteiger partial charge in [-0.3, -0.25) is 4.79 Å². The van der Waals surface area contributed by atoms with E-state index in [1.165, 1.54) is 0 Å². The quantitative estimate of drug-likeness (QED) is 0.794. The van der Waals surface area contributed by atoms with Gasteiger partial charge in [0.1, 0.15) is 0 Å². The molecule has 0 aliphatic carbocycles. The molecular formula is C14H13NO3. The topological polar surface area (TPSA) is 66.4 Å². The van der Waals surface area contributed by atoms with Crippen molar-refractivity contribution in [2.45, 2.75) is 13.0 Å². The molecule has 1 atom stereocenters. The van der Waals surface area contributed by atoms with Crippen molar-refractivity contribution >= 4 is 22.6 Å². The number of aliphatic carboxylic acids is 1. The first kappa shape index (κ1) is 12.1. The highest BCUT2D eigenvalue weighted by Gasteiger charge is 2.16. The second kappa shape index (κ2) is 4.87. The van der Waals surface area contributed by atoms with Gasteiger partial charge in [-0.25, -0.2) is 4.79 Å². The highest BCUT2D eigenvalue weighted by atomic mass is 16.4. The number of rotatable bonds is 2. The van der Waals surface area contributed by atoms with Crippen LogP contribution in [0.1, 0.15) is 18.5 Å². The number of carboxylic acid groups (broad SMARTS) is 1. The van der Waals surface area contributed by atoms with Crippen molar-refractivity contribution in [1.82, 2.24) is 5.32 Å². The van der Waals surface area contributed by atoms with Crippen molar-refractivity contribution in [1.29, 1.82) is 0 Å². The molecule has 0 bridgehead atoms. The molecule has 18 heavy (non-hydrogen) atoms. The summed E-state index contributed by atoms with van der Waals surface area (Å²) in [6.45, 7) is 1.77. The Labute approximate surface area is 104 Å². The summed E-state index contributed by atoms with van der Waals surface area (Å²) in [6, 6.07) is 13.2. The maximum atomic E-state index is 11.2. The lowest BCUT2D eigenvalue weighted by Crippen LogP contribution is -2.32. The van der Waals surface area contributed by atoms with Crippen molar-refractivity contribution in [2.24, 2.45) is 0 Å². The SMILES string of the molecule is CC(NC(=O)C(=O)O)c1cccc2ccccc12. The maximum Gasteiger partial charge on any atom is 0.394 e. The molecule has 0 radical (unpaired) electrons.